The third-order valence-electron chi connectivity index (χ3n) is 0.915. The highest BCUT2D eigenvalue weighted by Crippen LogP contribution is 1.94. The molecule has 0 bridgehead atoms. The molecule has 1 amide bonds. The van der Waals surface area contributed by atoms with Crippen molar-refractivity contribution in [2.24, 2.45) is 4.99 Å². The van der Waals surface area contributed by atoms with Crippen molar-refractivity contribution >= 4 is 12.0 Å². The first kappa shape index (κ1) is 8.05. The van der Waals surface area contributed by atoms with Gasteiger partial charge in [-0.15, -0.1) is 4.99 Å². The van der Waals surface area contributed by atoms with E-state index in [9.17, 15) is 9.59 Å². The van der Waals surface area contributed by atoms with Crippen molar-refractivity contribution in [3.8, 4) is 0 Å². The predicted octanol–water partition coefficient (Wildman–Crippen LogP) is 1.04. The Morgan fingerprint density at radius 1 is 1.67 bits per heavy atom. The Labute approximate surface area is 53.8 Å². The first-order valence-corrected chi connectivity index (χ1v) is 2.92. The number of hydrogen-bond donors (Lipinski definition) is 0. The Morgan fingerprint density at radius 2 is 2.33 bits per heavy atom. The van der Waals surface area contributed by atoms with Gasteiger partial charge in [-0.25, -0.2) is 4.79 Å². The highest BCUT2D eigenvalue weighted by Gasteiger charge is 1.94. The summed E-state index contributed by atoms with van der Waals surface area (Å²) in [7, 11) is 0. The number of nitrogens with zero attached hydrogens (tertiary/aromatic N) is 1. The maximum absolute atomic E-state index is 10.4. The minimum Gasteiger partial charge on any atom is -0.272 e. The molecule has 0 atom stereocenters. The van der Waals surface area contributed by atoms with Crippen LogP contribution < -0.4 is 0 Å². The average molecular weight is 127 g/mol. The van der Waals surface area contributed by atoms with Crippen molar-refractivity contribution < 1.29 is 9.59 Å². The van der Waals surface area contributed by atoms with E-state index in [-0.39, 0.29) is 5.91 Å². The topological polar surface area (TPSA) is 46.5 Å². The molecule has 0 unspecified atom stereocenters. The fourth-order valence-electron chi connectivity index (χ4n) is 0.435. The third kappa shape index (κ3) is 4.91. The lowest BCUT2D eigenvalue weighted by atomic mass is 10.2. The maximum atomic E-state index is 10.4. The monoisotopic (exact) mass is 127 g/mol. The molecule has 0 fully saturated rings. The Balaban J connectivity index is 3.39. The molecule has 0 aliphatic rings. The largest absolute Gasteiger partial charge is 0.272 e. The van der Waals surface area contributed by atoms with Gasteiger partial charge in [0.05, 0.1) is 0 Å². The highest BCUT2D eigenvalue weighted by molar-refractivity contribution is 5.81. The number of carbonyl (C=O) groups is 1. The van der Waals surface area contributed by atoms with Crippen molar-refractivity contribution in [3.63, 3.8) is 0 Å². The second-order valence-electron chi connectivity index (χ2n) is 1.70. The van der Waals surface area contributed by atoms with Gasteiger partial charge in [0.2, 0.25) is 6.08 Å². The van der Waals surface area contributed by atoms with Crippen LogP contribution in [0.15, 0.2) is 4.99 Å². The van der Waals surface area contributed by atoms with Crippen molar-refractivity contribution in [1.82, 2.24) is 0 Å². The molecule has 0 aromatic carbocycles. The fraction of sp³-hybridized carbons (Fsp3) is 0.667. The molecular weight excluding hydrogens is 118 g/mol. The Bertz CT molecular complexity index is 136. The molecular formula is C6H9NO2. The fourth-order valence-corrected chi connectivity index (χ4v) is 0.435. The summed E-state index contributed by atoms with van der Waals surface area (Å²) in [6.45, 7) is 1.97. The van der Waals surface area contributed by atoms with Gasteiger partial charge in [0.25, 0.3) is 5.91 Å². The maximum Gasteiger partial charge on any atom is 0.256 e. The molecule has 0 saturated carbocycles. The quantitative estimate of drug-likeness (QED) is 0.420. The summed E-state index contributed by atoms with van der Waals surface area (Å²) in [6, 6.07) is 0. The summed E-state index contributed by atoms with van der Waals surface area (Å²) in [5.41, 5.74) is 0. The summed E-state index contributed by atoms with van der Waals surface area (Å²) < 4.78 is 0. The Hall–Kier alpha value is -0.950. The number of rotatable bonds is 3. The van der Waals surface area contributed by atoms with E-state index in [1.807, 2.05) is 6.92 Å². The van der Waals surface area contributed by atoms with Crippen LogP contribution in [0, 0.1) is 0 Å². The molecule has 0 saturated heterocycles. The molecule has 0 aromatic heterocycles. The summed E-state index contributed by atoms with van der Waals surface area (Å²) in [5, 5.41) is 0. The van der Waals surface area contributed by atoms with E-state index in [0.717, 1.165) is 12.8 Å². The van der Waals surface area contributed by atoms with Crippen molar-refractivity contribution in [1.29, 1.82) is 0 Å². The predicted molar refractivity (Wildman–Crippen MR) is 32.7 cm³/mol. The average Bonchev–Trinajstić information content (AvgIpc) is 1.85. The molecule has 0 aliphatic carbocycles. The van der Waals surface area contributed by atoms with E-state index < -0.39 is 0 Å². The third-order valence-corrected chi connectivity index (χ3v) is 0.915. The molecule has 3 heteroatoms. The van der Waals surface area contributed by atoms with Crippen LogP contribution in [0.5, 0.6) is 0 Å². The zero-order valence-corrected chi connectivity index (χ0v) is 5.39. The van der Waals surface area contributed by atoms with Crippen molar-refractivity contribution in [3.05, 3.63) is 0 Å². The Morgan fingerprint density at radius 3 is 2.78 bits per heavy atom. The molecule has 0 aliphatic heterocycles. The van der Waals surface area contributed by atoms with E-state index in [2.05, 4.69) is 4.99 Å². The number of hydrogen-bond acceptors (Lipinski definition) is 2. The zero-order chi connectivity index (χ0) is 7.11. The number of unbranched alkanes of at least 4 members (excludes halogenated alkanes) is 1. The molecule has 0 N–H and O–H groups in total. The lowest BCUT2D eigenvalue weighted by Gasteiger charge is -1.86. The summed E-state index contributed by atoms with van der Waals surface area (Å²) in [5.74, 6) is -0.369. The van der Waals surface area contributed by atoms with Gasteiger partial charge in [-0.3, -0.25) is 4.79 Å². The van der Waals surface area contributed by atoms with Gasteiger partial charge in [0, 0.05) is 6.42 Å². The van der Waals surface area contributed by atoms with Gasteiger partial charge in [-0.1, -0.05) is 13.3 Å². The summed E-state index contributed by atoms with van der Waals surface area (Å²) in [4.78, 5) is 22.8. The second kappa shape index (κ2) is 5.19. The second-order valence-corrected chi connectivity index (χ2v) is 1.70. The van der Waals surface area contributed by atoms with Crippen LogP contribution in [0.4, 0.5) is 0 Å². The van der Waals surface area contributed by atoms with Crippen molar-refractivity contribution in [2.45, 2.75) is 26.2 Å². The minimum absolute atomic E-state index is 0.367. The van der Waals surface area contributed by atoms with E-state index in [1.54, 1.807) is 0 Å². The van der Waals surface area contributed by atoms with E-state index in [1.165, 1.54) is 6.08 Å². The summed E-state index contributed by atoms with van der Waals surface area (Å²) >= 11 is 0. The van der Waals surface area contributed by atoms with E-state index >= 15 is 0 Å². The number of carbonyl (C=O) groups excluding carboxylic acids is 2. The van der Waals surface area contributed by atoms with Crippen LogP contribution in [0.2, 0.25) is 0 Å². The molecule has 50 valence electrons. The molecule has 0 heterocycles. The van der Waals surface area contributed by atoms with Gasteiger partial charge in [-0.2, -0.15) is 0 Å². The Kier molecular flexibility index (Phi) is 4.64. The van der Waals surface area contributed by atoms with Gasteiger partial charge in [0.1, 0.15) is 0 Å². The van der Waals surface area contributed by atoms with Crippen LogP contribution >= 0.6 is 0 Å². The molecule has 0 aromatic rings. The highest BCUT2D eigenvalue weighted by atomic mass is 16.2. The normalized spacial score (nSPS) is 8.11. The van der Waals surface area contributed by atoms with Crippen LogP contribution in [0.25, 0.3) is 0 Å². The number of aliphatic imine (C=N–C) groups is 1. The van der Waals surface area contributed by atoms with E-state index in [4.69, 9.17) is 0 Å². The first-order chi connectivity index (χ1) is 4.31. The first-order valence-electron chi connectivity index (χ1n) is 2.92. The zero-order valence-electron chi connectivity index (χ0n) is 5.39. The number of isocyanates is 1. The van der Waals surface area contributed by atoms with Gasteiger partial charge in [0.15, 0.2) is 0 Å². The molecule has 0 rings (SSSR count). The molecule has 9 heavy (non-hydrogen) atoms. The lowest BCUT2D eigenvalue weighted by molar-refractivity contribution is -0.117. The van der Waals surface area contributed by atoms with Crippen LogP contribution in [-0.4, -0.2) is 12.0 Å². The SMILES string of the molecule is CCCCC(=O)N=C=O. The van der Waals surface area contributed by atoms with E-state index in [0.29, 0.717) is 6.42 Å². The van der Waals surface area contributed by atoms with Crippen molar-refractivity contribution in [2.75, 3.05) is 0 Å². The molecule has 0 spiro atoms. The molecule has 3 nitrogen and oxygen atoms in total. The van der Waals surface area contributed by atoms with Crippen LogP contribution in [0.3, 0.4) is 0 Å². The standard InChI is InChI=1S/C6H9NO2/c1-2-3-4-6(9)7-5-8/h2-4H2,1H3. The smallest absolute Gasteiger partial charge is 0.256 e. The van der Waals surface area contributed by atoms with Gasteiger partial charge < -0.3 is 0 Å². The van der Waals surface area contributed by atoms with Gasteiger partial charge in [-0.05, 0) is 6.42 Å². The molecule has 0 radical (unpaired) electrons. The van der Waals surface area contributed by atoms with Gasteiger partial charge >= 0.3 is 0 Å². The minimum atomic E-state index is -0.369. The lowest BCUT2D eigenvalue weighted by Crippen LogP contribution is -1.90. The summed E-state index contributed by atoms with van der Waals surface area (Å²) in [6.07, 6.45) is 3.31. The number of amides is 1. The van der Waals surface area contributed by atoms with Crippen LogP contribution in [0.1, 0.15) is 26.2 Å². The van der Waals surface area contributed by atoms with Crippen LogP contribution in [-0.2, 0) is 9.59 Å².